The number of hydrogen-bond donors (Lipinski definition) is 2. The Morgan fingerprint density at radius 1 is 1.18 bits per heavy atom. The van der Waals surface area contributed by atoms with Crippen LogP contribution >= 0.6 is 0 Å². The van der Waals surface area contributed by atoms with E-state index in [-0.39, 0.29) is 19.1 Å². The first kappa shape index (κ1) is 21.8. The topological polar surface area (TPSA) is 81.4 Å². The number of primary amides is 1. The van der Waals surface area contributed by atoms with Crippen molar-refractivity contribution in [2.75, 3.05) is 0 Å². The third-order valence-electron chi connectivity index (χ3n) is 4.33. The van der Waals surface area contributed by atoms with Crippen LogP contribution in [0.15, 0.2) is 24.3 Å². The quantitative estimate of drug-likeness (QED) is 0.695. The van der Waals surface area contributed by atoms with Crippen molar-refractivity contribution < 1.29 is 27.5 Å². The average Bonchev–Trinajstić information content (AvgIpc) is 2.61. The summed E-state index contributed by atoms with van der Waals surface area (Å²) in [6.45, 7) is -0.244. The molecule has 1 aliphatic carbocycles. The van der Waals surface area contributed by atoms with E-state index in [1.165, 1.54) is 0 Å². The number of alkyl halides is 3. The standard InChI is InChI=1S/C20H23F3N2O3/c21-20(22,23)19(27)25-13-15-10-8-14(9-11-15)12-17(18(24)26)28-16-6-4-2-1-3-5-7-16/h8-11,16-17H,1-4,6,12-13H2,(H2,24,26)(H,25,27). The summed E-state index contributed by atoms with van der Waals surface area (Å²) in [5.41, 5.74) is 6.70. The number of hydrogen-bond acceptors (Lipinski definition) is 3. The first-order valence-corrected chi connectivity index (χ1v) is 9.11. The minimum absolute atomic E-state index is 0.239. The number of carbonyl (C=O) groups is 2. The van der Waals surface area contributed by atoms with Crippen LogP contribution in [0.4, 0.5) is 13.2 Å². The van der Waals surface area contributed by atoms with E-state index in [0.717, 1.165) is 37.7 Å². The molecule has 0 aromatic heterocycles. The summed E-state index contributed by atoms with van der Waals surface area (Å²) in [6, 6.07) is 6.50. The van der Waals surface area contributed by atoms with Gasteiger partial charge < -0.3 is 15.8 Å². The Labute approximate surface area is 161 Å². The molecule has 0 aliphatic heterocycles. The van der Waals surface area contributed by atoms with Crippen molar-refractivity contribution in [3.05, 3.63) is 35.4 Å². The van der Waals surface area contributed by atoms with Crippen molar-refractivity contribution in [1.82, 2.24) is 5.32 Å². The van der Waals surface area contributed by atoms with Crippen molar-refractivity contribution in [3.8, 4) is 11.8 Å². The molecule has 8 heteroatoms. The van der Waals surface area contributed by atoms with Gasteiger partial charge in [-0.15, -0.1) is 5.92 Å². The molecule has 1 aromatic rings. The Morgan fingerprint density at radius 3 is 2.50 bits per heavy atom. The summed E-state index contributed by atoms with van der Waals surface area (Å²) in [4.78, 5) is 22.6. The molecular weight excluding hydrogens is 373 g/mol. The molecule has 3 N–H and O–H groups in total. The van der Waals surface area contributed by atoms with Gasteiger partial charge in [0.25, 0.3) is 0 Å². The largest absolute Gasteiger partial charge is 0.471 e. The molecule has 0 fully saturated rings. The summed E-state index contributed by atoms with van der Waals surface area (Å²) in [6.07, 6.45) is -1.18. The van der Waals surface area contributed by atoms with E-state index in [4.69, 9.17) is 10.5 Å². The number of nitrogens with one attached hydrogen (secondary N) is 1. The maximum absolute atomic E-state index is 12.2. The van der Waals surface area contributed by atoms with Crippen molar-refractivity contribution in [2.45, 2.75) is 63.5 Å². The smallest absolute Gasteiger partial charge is 0.367 e. The first-order valence-electron chi connectivity index (χ1n) is 9.11. The van der Waals surface area contributed by atoms with Gasteiger partial charge in [0, 0.05) is 19.4 Å². The summed E-state index contributed by atoms with van der Waals surface area (Å²) in [5, 5.41) is 1.80. The molecular formula is C20H23F3N2O3. The second-order valence-electron chi connectivity index (χ2n) is 6.64. The Morgan fingerprint density at radius 2 is 1.86 bits per heavy atom. The molecule has 0 saturated heterocycles. The second kappa shape index (κ2) is 10.1. The zero-order chi connectivity index (χ0) is 20.6. The van der Waals surface area contributed by atoms with Crippen molar-refractivity contribution >= 4 is 11.8 Å². The maximum atomic E-state index is 12.2. The Bertz CT molecular complexity index is 736. The summed E-state index contributed by atoms with van der Waals surface area (Å²) >= 11 is 0. The second-order valence-corrected chi connectivity index (χ2v) is 6.64. The Hall–Kier alpha value is -2.53. The first-order chi connectivity index (χ1) is 13.3. The molecule has 0 bridgehead atoms. The van der Waals surface area contributed by atoms with Crippen molar-refractivity contribution in [1.29, 1.82) is 0 Å². The lowest BCUT2D eigenvalue weighted by Crippen LogP contribution is -2.36. The summed E-state index contributed by atoms with van der Waals surface area (Å²) in [7, 11) is 0. The maximum Gasteiger partial charge on any atom is 0.471 e. The molecule has 152 valence electrons. The predicted octanol–water partition coefficient (Wildman–Crippen LogP) is 2.61. The molecule has 28 heavy (non-hydrogen) atoms. The SMILES string of the molecule is NC(=O)C(Cc1ccc(CNC(=O)C(F)(F)F)cc1)OC1C#CCCCCC1. The van der Waals surface area contributed by atoms with Crippen LogP contribution < -0.4 is 11.1 Å². The lowest BCUT2D eigenvalue weighted by molar-refractivity contribution is -0.173. The molecule has 0 heterocycles. The van der Waals surface area contributed by atoms with Crippen LogP contribution in [0.2, 0.25) is 0 Å². The summed E-state index contributed by atoms with van der Waals surface area (Å²) in [5.74, 6) is 3.49. The van der Waals surface area contributed by atoms with E-state index in [9.17, 15) is 22.8 Å². The predicted molar refractivity (Wildman–Crippen MR) is 96.8 cm³/mol. The minimum atomic E-state index is -4.91. The monoisotopic (exact) mass is 396 g/mol. The zero-order valence-electron chi connectivity index (χ0n) is 15.3. The minimum Gasteiger partial charge on any atom is -0.367 e. The van der Waals surface area contributed by atoms with Crippen LogP contribution in [0.3, 0.4) is 0 Å². The number of benzene rings is 1. The van der Waals surface area contributed by atoms with E-state index in [1.54, 1.807) is 29.6 Å². The molecule has 2 amide bonds. The van der Waals surface area contributed by atoms with Crippen LogP contribution in [-0.2, 0) is 27.3 Å². The molecule has 0 spiro atoms. The molecule has 1 aromatic carbocycles. The lowest BCUT2D eigenvalue weighted by atomic mass is 10.0. The van der Waals surface area contributed by atoms with Gasteiger partial charge in [0.2, 0.25) is 5.91 Å². The Kier molecular flexibility index (Phi) is 7.88. The van der Waals surface area contributed by atoms with Crippen molar-refractivity contribution in [3.63, 3.8) is 0 Å². The fraction of sp³-hybridized carbons (Fsp3) is 0.500. The van der Waals surface area contributed by atoms with Crippen LogP contribution in [0.5, 0.6) is 0 Å². The number of rotatable bonds is 7. The molecule has 0 saturated carbocycles. The van der Waals surface area contributed by atoms with Gasteiger partial charge >= 0.3 is 12.1 Å². The molecule has 1 aliphatic rings. The molecule has 2 atom stereocenters. The van der Waals surface area contributed by atoms with Crippen molar-refractivity contribution in [2.24, 2.45) is 5.73 Å². The van der Waals surface area contributed by atoms with Gasteiger partial charge in [-0.25, -0.2) is 0 Å². The highest BCUT2D eigenvalue weighted by Crippen LogP contribution is 2.16. The van der Waals surface area contributed by atoms with Crippen LogP contribution in [0.25, 0.3) is 0 Å². The third kappa shape index (κ3) is 7.24. The number of nitrogens with two attached hydrogens (primary N) is 1. The molecule has 0 radical (unpaired) electrons. The third-order valence-corrected chi connectivity index (χ3v) is 4.33. The van der Waals surface area contributed by atoms with Gasteiger partial charge in [-0.2, -0.15) is 13.2 Å². The van der Waals surface area contributed by atoms with Crippen LogP contribution in [0, 0.1) is 11.8 Å². The number of halogens is 3. The van der Waals surface area contributed by atoms with E-state index in [2.05, 4.69) is 11.8 Å². The van der Waals surface area contributed by atoms with E-state index < -0.39 is 24.1 Å². The zero-order valence-corrected chi connectivity index (χ0v) is 15.3. The van der Waals surface area contributed by atoms with Crippen LogP contribution in [-0.4, -0.2) is 30.2 Å². The van der Waals surface area contributed by atoms with E-state index in [0.29, 0.717) is 5.56 Å². The van der Waals surface area contributed by atoms with Gasteiger partial charge in [0.15, 0.2) is 0 Å². The highest BCUT2D eigenvalue weighted by Gasteiger charge is 2.38. The number of amides is 2. The van der Waals surface area contributed by atoms with Gasteiger partial charge in [-0.1, -0.05) is 36.6 Å². The average molecular weight is 396 g/mol. The highest BCUT2D eigenvalue weighted by molar-refractivity contribution is 5.81. The normalized spacial score (nSPS) is 18.2. The fourth-order valence-corrected chi connectivity index (χ4v) is 2.78. The number of carbonyl (C=O) groups excluding carboxylic acids is 2. The van der Waals surface area contributed by atoms with Gasteiger partial charge in [0.05, 0.1) is 0 Å². The van der Waals surface area contributed by atoms with E-state index in [1.807, 2.05) is 0 Å². The summed E-state index contributed by atoms with van der Waals surface area (Å²) < 4.78 is 42.4. The van der Waals surface area contributed by atoms with Gasteiger partial charge in [-0.05, 0) is 30.4 Å². The lowest BCUT2D eigenvalue weighted by Gasteiger charge is -2.20. The number of ether oxygens (including phenoxy) is 1. The van der Waals surface area contributed by atoms with Gasteiger partial charge in [0.1, 0.15) is 12.2 Å². The van der Waals surface area contributed by atoms with E-state index >= 15 is 0 Å². The molecule has 2 rings (SSSR count). The molecule has 2 unspecified atom stereocenters. The van der Waals surface area contributed by atoms with Gasteiger partial charge in [-0.3, -0.25) is 9.59 Å². The van der Waals surface area contributed by atoms with Crippen LogP contribution in [0.1, 0.15) is 43.2 Å². The highest BCUT2D eigenvalue weighted by atomic mass is 19.4. The Balaban J connectivity index is 1.93. The fourth-order valence-electron chi connectivity index (χ4n) is 2.78. The molecule has 5 nitrogen and oxygen atoms in total.